The lowest BCUT2D eigenvalue weighted by Gasteiger charge is -2.38. The Balaban J connectivity index is 1.43. The summed E-state index contributed by atoms with van der Waals surface area (Å²) in [6.45, 7) is 3.84. The molecule has 0 N–H and O–H groups in total. The fraction of sp³-hybridized carbons (Fsp3) is 0.722. The van der Waals surface area contributed by atoms with Gasteiger partial charge in [-0.15, -0.1) is 0 Å². The predicted molar refractivity (Wildman–Crippen MR) is 88.9 cm³/mol. The van der Waals surface area contributed by atoms with Crippen molar-refractivity contribution in [2.45, 2.75) is 57.7 Å². The number of nitrogens with zero attached hydrogens (tertiary/aromatic N) is 3. The molecule has 1 saturated carbocycles. The second-order valence-corrected chi connectivity index (χ2v) is 7.55. The second kappa shape index (κ2) is 6.44. The summed E-state index contributed by atoms with van der Waals surface area (Å²) >= 11 is 0. The zero-order chi connectivity index (χ0) is 17.6. The summed E-state index contributed by atoms with van der Waals surface area (Å²) < 4.78 is 11.2. The van der Waals surface area contributed by atoms with Crippen LogP contribution in [0.3, 0.4) is 0 Å². The number of amides is 2. The van der Waals surface area contributed by atoms with Gasteiger partial charge >= 0.3 is 5.91 Å². The Kier molecular flexibility index (Phi) is 4.27. The lowest BCUT2D eigenvalue weighted by Crippen LogP contribution is -2.44. The quantitative estimate of drug-likeness (QED) is 0.830. The van der Waals surface area contributed by atoms with Crippen LogP contribution in [0.15, 0.2) is 4.42 Å². The van der Waals surface area contributed by atoms with E-state index in [1.165, 1.54) is 0 Å². The van der Waals surface area contributed by atoms with Crippen molar-refractivity contribution in [2.75, 3.05) is 20.2 Å². The lowest BCUT2D eigenvalue weighted by molar-refractivity contribution is -0.142. The minimum Gasteiger partial charge on any atom is -0.437 e. The molecule has 25 heavy (non-hydrogen) atoms. The van der Waals surface area contributed by atoms with Crippen LogP contribution in [-0.4, -0.2) is 58.9 Å². The van der Waals surface area contributed by atoms with E-state index in [0.717, 1.165) is 31.4 Å². The third kappa shape index (κ3) is 3.05. The molecule has 2 fully saturated rings. The first-order valence-electron chi connectivity index (χ1n) is 9.19. The van der Waals surface area contributed by atoms with E-state index in [-0.39, 0.29) is 29.9 Å². The summed E-state index contributed by atoms with van der Waals surface area (Å²) in [5, 5.41) is 0. The van der Waals surface area contributed by atoms with Gasteiger partial charge in [-0.05, 0) is 31.6 Å². The van der Waals surface area contributed by atoms with E-state index in [1.807, 2.05) is 7.05 Å². The highest BCUT2D eigenvalue weighted by molar-refractivity contribution is 5.90. The van der Waals surface area contributed by atoms with Crippen molar-refractivity contribution >= 4 is 11.8 Å². The number of ether oxygens (including phenoxy) is 1. The highest BCUT2D eigenvalue weighted by Gasteiger charge is 2.36. The van der Waals surface area contributed by atoms with E-state index < -0.39 is 0 Å². The van der Waals surface area contributed by atoms with Gasteiger partial charge in [0.25, 0.3) is 11.8 Å². The van der Waals surface area contributed by atoms with Crippen LogP contribution < -0.4 is 0 Å². The minimum atomic E-state index is -0.318. The van der Waals surface area contributed by atoms with Crippen LogP contribution in [0, 0.1) is 5.92 Å². The molecule has 0 spiro atoms. The summed E-state index contributed by atoms with van der Waals surface area (Å²) in [5.41, 5.74) is 0.705. The molecule has 136 valence electrons. The van der Waals surface area contributed by atoms with Crippen molar-refractivity contribution in [3.8, 4) is 0 Å². The summed E-state index contributed by atoms with van der Waals surface area (Å²) in [6.07, 6.45) is 4.07. The molecule has 1 atom stereocenters. The molecule has 1 saturated heterocycles. The SMILES string of the molecule is CC1CC(N(C)C(=O)c2nc3c(o2)CCN(C(=O)[C@@H]2CCCO2)C3)C1. The molecule has 4 rings (SSSR count). The Bertz CT molecular complexity index is 674. The van der Waals surface area contributed by atoms with E-state index in [1.54, 1.807) is 9.80 Å². The number of aromatic nitrogens is 1. The number of rotatable bonds is 3. The van der Waals surface area contributed by atoms with Gasteiger partial charge in [-0.1, -0.05) is 6.92 Å². The third-order valence-corrected chi connectivity index (χ3v) is 5.64. The van der Waals surface area contributed by atoms with Crippen molar-refractivity contribution < 1.29 is 18.7 Å². The minimum absolute atomic E-state index is 0.0274. The van der Waals surface area contributed by atoms with Gasteiger partial charge in [-0.2, -0.15) is 0 Å². The normalized spacial score (nSPS) is 28.4. The van der Waals surface area contributed by atoms with E-state index in [4.69, 9.17) is 9.15 Å². The fourth-order valence-electron chi connectivity index (χ4n) is 3.95. The zero-order valence-electron chi connectivity index (χ0n) is 14.9. The first kappa shape index (κ1) is 16.6. The van der Waals surface area contributed by atoms with Gasteiger partial charge in [0.1, 0.15) is 17.6 Å². The Morgan fingerprint density at radius 2 is 2.12 bits per heavy atom. The maximum Gasteiger partial charge on any atom is 0.309 e. The molecule has 0 unspecified atom stereocenters. The fourth-order valence-corrected chi connectivity index (χ4v) is 3.95. The second-order valence-electron chi connectivity index (χ2n) is 7.55. The number of fused-ring (bicyclic) bond motifs is 1. The molecule has 0 aromatic carbocycles. The van der Waals surface area contributed by atoms with Gasteiger partial charge in [0.05, 0.1) is 6.54 Å². The molecule has 1 aromatic heterocycles. The summed E-state index contributed by atoms with van der Waals surface area (Å²) in [5.74, 6) is 1.42. The first-order valence-corrected chi connectivity index (χ1v) is 9.19. The van der Waals surface area contributed by atoms with Gasteiger partial charge in [-0.3, -0.25) is 9.59 Å². The van der Waals surface area contributed by atoms with Gasteiger partial charge in [0, 0.05) is 32.7 Å². The van der Waals surface area contributed by atoms with Crippen LogP contribution in [0.2, 0.25) is 0 Å². The van der Waals surface area contributed by atoms with E-state index in [0.29, 0.717) is 37.7 Å². The van der Waals surface area contributed by atoms with Crippen LogP contribution in [0.25, 0.3) is 0 Å². The van der Waals surface area contributed by atoms with Crippen LogP contribution in [0.1, 0.15) is 54.7 Å². The molecule has 7 nitrogen and oxygen atoms in total. The molecule has 0 bridgehead atoms. The van der Waals surface area contributed by atoms with E-state index in [9.17, 15) is 9.59 Å². The molecule has 3 heterocycles. The van der Waals surface area contributed by atoms with Crippen molar-refractivity contribution in [2.24, 2.45) is 5.92 Å². The molecule has 1 aliphatic carbocycles. The van der Waals surface area contributed by atoms with E-state index >= 15 is 0 Å². The van der Waals surface area contributed by atoms with Gasteiger partial charge < -0.3 is 19.0 Å². The van der Waals surface area contributed by atoms with Gasteiger partial charge in [-0.25, -0.2) is 4.98 Å². The third-order valence-electron chi connectivity index (χ3n) is 5.64. The number of carbonyl (C=O) groups is 2. The summed E-state index contributed by atoms with van der Waals surface area (Å²) in [6, 6.07) is 0.281. The topological polar surface area (TPSA) is 75.9 Å². The number of hydrogen-bond acceptors (Lipinski definition) is 5. The summed E-state index contributed by atoms with van der Waals surface area (Å²) in [7, 11) is 1.81. The zero-order valence-corrected chi connectivity index (χ0v) is 14.9. The molecule has 2 amide bonds. The Morgan fingerprint density at radius 1 is 1.32 bits per heavy atom. The highest BCUT2D eigenvalue weighted by Crippen LogP contribution is 2.31. The molecule has 1 aromatic rings. The number of hydrogen-bond donors (Lipinski definition) is 0. The summed E-state index contributed by atoms with van der Waals surface area (Å²) in [4.78, 5) is 33.0. The molecule has 0 radical (unpaired) electrons. The molecule has 2 aliphatic heterocycles. The van der Waals surface area contributed by atoms with Crippen molar-refractivity contribution in [1.29, 1.82) is 0 Å². The maximum absolute atomic E-state index is 12.6. The van der Waals surface area contributed by atoms with Crippen molar-refractivity contribution in [3.63, 3.8) is 0 Å². The lowest BCUT2D eigenvalue weighted by atomic mass is 9.81. The van der Waals surface area contributed by atoms with Crippen LogP contribution >= 0.6 is 0 Å². The Morgan fingerprint density at radius 3 is 2.80 bits per heavy atom. The van der Waals surface area contributed by atoms with Crippen LogP contribution in [0.5, 0.6) is 0 Å². The van der Waals surface area contributed by atoms with Crippen LogP contribution in [-0.2, 0) is 22.5 Å². The first-order chi connectivity index (χ1) is 12.0. The largest absolute Gasteiger partial charge is 0.437 e. The van der Waals surface area contributed by atoms with Gasteiger partial charge in [0.2, 0.25) is 0 Å². The standard InChI is InChI=1S/C18H25N3O4/c1-11-8-12(9-11)20(2)18(23)16-19-13-10-21(6-5-14(13)25-16)17(22)15-4-3-7-24-15/h11-12,15H,3-10H2,1-2H3/t11?,12?,15-/m0/s1. The monoisotopic (exact) mass is 347 g/mol. The molecule has 7 heteroatoms. The Labute approximate surface area is 147 Å². The van der Waals surface area contributed by atoms with Crippen molar-refractivity contribution in [1.82, 2.24) is 14.8 Å². The highest BCUT2D eigenvalue weighted by atomic mass is 16.5. The average molecular weight is 347 g/mol. The number of oxazole rings is 1. The van der Waals surface area contributed by atoms with Crippen LogP contribution in [0.4, 0.5) is 0 Å². The van der Waals surface area contributed by atoms with Crippen molar-refractivity contribution in [3.05, 3.63) is 17.3 Å². The van der Waals surface area contributed by atoms with Gasteiger partial charge in [0.15, 0.2) is 0 Å². The molecule has 3 aliphatic rings. The molecular formula is C18H25N3O4. The number of carbonyl (C=O) groups excluding carboxylic acids is 2. The molecular weight excluding hydrogens is 322 g/mol. The maximum atomic E-state index is 12.6. The Hall–Kier alpha value is -1.89. The predicted octanol–water partition coefficient (Wildman–Crippen LogP) is 1.61. The average Bonchev–Trinajstić information content (AvgIpc) is 3.25. The smallest absolute Gasteiger partial charge is 0.309 e. The van der Waals surface area contributed by atoms with E-state index in [2.05, 4.69) is 11.9 Å².